The van der Waals surface area contributed by atoms with E-state index in [0.29, 0.717) is 4.47 Å². The highest BCUT2D eigenvalue weighted by Crippen LogP contribution is 2.42. The molecule has 2 rings (SSSR count). The Morgan fingerprint density at radius 1 is 1.35 bits per heavy atom. The maximum Gasteiger partial charge on any atom is 0.409 e. The van der Waals surface area contributed by atoms with E-state index in [4.69, 9.17) is 0 Å². The molecule has 0 bridgehead atoms. The van der Waals surface area contributed by atoms with Gasteiger partial charge in [-0.15, -0.1) is 0 Å². The van der Waals surface area contributed by atoms with E-state index in [1.54, 1.807) is 32.0 Å². The monoisotopic (exact) mass is 350 g/mol. The van der Waals surface area contributed by atoms with Gasteiger partial charge in [-0.3, -0.25) is 10.2 Å². The lowest BCUT2D eigenvalue weighted by atomic mass is 9.94. The molecular weight excluding hydrogens is 337 g/mol. The molecule has 1 amide bonds. The predicted molar refractivity (Wildman–Crippen MR) is 71.6 cm³/mol. The van der Waals surface area contributed by atoms with Crippen LogP contribution in [0.1, 0.15) is 25.5 Å². The number of nitrogens with one attached hydrogen (secondary N) is 1. The van der Waals surface area contributed by atoms with Crippen LogP contribution in [0.3, 0.4) is 0 Å². The first kappa shape index (κ1) is 15.3. The van der Waals surface area contributed by atoms with Crippen molar-refractivity contribution in [1.82, 2.24) is 10.4 Å². The molecule has 0 unspecified atom stereocenters. The van der Waals surface area contributed by atoms with Crippen molar-refractivity contribution < 1.29 is 18.0 Å². The van der Waals surface area contributed by atoms with Crippen LogP contribution < -0.4 is 5.43 Å². The topological polar surface area (TPSA) is 32.3 Å². The molecule has 1 heterocycles. The summed E-state index contributed by atoms with van der Waals surface area (Å²) >= 11 is 3.14. The summed E-state index contributed by atoms with van der Waals surface area (Å²) in [5.41, 5.74) is 1.57. The minimum atomic E-state index is -4.49. The third-order valence-electron chi connectivity index (χ3n) is 3.25. The number of nitrogens with zero attached hydrogens (tertiary/aromatic N) is 1. The molecule has 1 atom stereocenters. The number of carbonyl (C=O) groups excluding carboxylic acids is 1. The van der Waals surface area contributed by atoms with Crippen LogP contribution in [0.4, 0.5) is 13.2 Å². The van der Waals surface area contributed by atoms with E-state index in [1.165, 1.54) is 6.07 Å². The molecule has 1 fully saturated rings. The van der Waals surface area contributed by atoms with E-state index < -0.39 is 23.5 Å². The second-order valence-electron chi connectivity index (χ2n) is 5.42. The van der Waals surface area contributed by atoms with E-state index in [0.717, 1.165) is 5.01 Å². The number of hydrogen-bond donors (Lipinski definition) is 1. The summed E-state index contributed by atoms with van der Waals surface area (Å²) in [6, 6.07) is 4.27. The maximum atomic E-state index is 13.4. The molecule has 0 aromatic heterocycles. The van der Waals surface area contributed by atoms with Crippen molar-refractivity contribution in [3.63, 3.8) is 0 Å². The first-order valence-electron chi connectivity index (χ1n) is 6.02. The molecule has 3 nitrogen and oxygen atoms in total. The molecule has 20 heavy (non-hydrogen) atoms. The zero-order chi connectivity index (χ0) is 15.1. The van der Waals surface area contributed by atoms with Crippen LogP contribution in [-0.2, 0) is 4.79 Å². The predicted octanol–water partition coefficient (Wildman–Crippen LogP) is 3.43. The lowest BCUT2D eigenvalue weighted by molar-refractivity contribution is -0.191. The Morgan fingerprint density at radius 2 is 1.95 bits per heavy atom. The fourth-order valence-corrected chi connectivity index (χ4v) is 2.69. The molecule has 1 aromatic carbocycles. The molecule has 0 aliphatic carbocycles. The number of hydrogen-bond acceptors (Lipinski definition) is 2. The number of alkyl halides is 3. The van der Waals surface area contributed by atoms with Crippen LogP contribution in [0.15, 0.2) is 28.7 Å². The highest BCUT2D eigenvalue weighted by atomic mass is 79.9. The number of amides is 1. The van der Waals surface area contributed by atoms with Gasteiger partial charge in [0.2, 0.25) is 5.91 Å². The van der Waals surface area contributed by atoms with Crippen molar-refractivity contribution in [3.8, 4) is 0 Å². The molecule has 1 aliphatic rings. The Balaban J connectivity index is 2.41. The lowest BCUT2D eigenvalue weighted by Gasteiger charge is -2.30. The fraction of sp³-hybridized carbons (Fsp3) is 0.462. The summed E-state index contributed by atoms with van der Waals surface area (Å²) in [6.45, 7) is 3.24. The molecule has 1 saturated heterocycles. The van der Waals surface area contributed by atoms with Gasteiger partial charge in [-0.05, 0) is 25.5 Å². The molecule has 0 radical (unpaired) electrons. The first-order chi connectivity index (χ1) is 9.13. The third-order valence-corrected chi connectivity index (χ3v) is 3.97. The van der Waals surface area contributed by atoms with E-state index in [-0.39, 0.29) is 12.1 Å². The highest BCUT2D eigenvalue weighted by molar-refractivity contribution is 9.10. The van der Waals surface area contributed by atoms with Gasteiger partial charge in [0, 0.05) is 11.0 Å². The SMILES string of the molecule is CC1(C)CN([C@@H](c2ccccc2Br)C(F)(F)F)NC1=O. The van der Waals surface area contributed by atoms with E-state index >= 15 is 0 Å². The van der Waals surface area contributed by atoms with Crippen LogP contribution >= 0.6 is 15.9 Å². The number of benzene rings is 1. The van der Waals surface area contributed by atoms with Crippen LogP contribution in [0.5, 0.6) is 0 Å². The average molecular weight is 351 g/mol. The van der Waals surface area contributed by atoms with Crippen molar-refractivity contribution in [2.45, 2.75) is 26.1 Å². The number of hydrazine groups is 1. The minimum Gasteiger partial charge on any atom is -0.287 e. The first-order valence-corrected chi connectivity index (χ1v) is 6.81. The fourth-order valence-electron chi connectivity index (χ4n) is 2.19. The van der Waals surface area contributed by atoms with Crippen molar-refractivity contribution in [1.29, 1.82) is 0 Å². The van der Waals surface area contributed by atoms with Crippen molar-refractivity contribution in [3.05, 3.63) is 34.3 Å². The Labute approximate surface area is 123 Å². The van der Waals surface area contributed by atoms with Gasteiger partial charge in [-0.2, -0.15) is 13.2 Å². The molecular formula is C13H14BrF3N2O. The quantitative estimate of drug-likeness (QED) is 0.886. The van der Waals surface area contributed by atoms with Crippen LogP contribution in [-0.4, -0.2) is 23.6 Å². The third kappa shape index (κ3) is 2.83. The van der Waals surface area contributed by atoms with Crippen molar-refractivity contribution >= 4 is 21.8 Å². The van der Waals surface area contributed by atoms with Crippen molar-refractivity contribution in [2.75, 3.05) is 6.54 Å². The Bertz CT molecular complexity index is 531. The summed E-state index contributed by atoms with van der Waals surface area (Å²) in [5.74, 6) is -0.404. The molecule has 0 saturated carbocycles. The van der Waals surface area contributed by atoms with Gasteiger partial charge in [0.15, 0.2) is 6.04 Å². The maximum absolute atomic E-state index is 13.4. The van der Waals surface area contributed by atoms with Gasteiger partial charge in [0.25, 0.3) is 0 Å². The molecule has 1 aromatic rings. The Morgan fingerprint density at radius 3 is 2.40 bits per heavy atom. The summed E-state index contributed by atoms with van der Waals surface area (Å²) < 4.78 is 40.6. The molecule has 1 aliphatic heterocycles. The highest BCUT2D eigenvalue weighted by Gasteiger charge is 2.51. The second-order valence-corrected chi connectivity index (χ2v) is 6.27. The summed E-state index contributed by atoms with van der Waals surface area (Å²) in [4.78, 5) is 11.7. The molecule has 1 N–H and O–H groups in total. The summed E-state index contributed by atoms with van der Waals surface area (Å²) in [5, 5.41) is 0.961. The number of carbonyl (C=O) groups is 1. The lowest BCUT2D eigenvalue weighted by Crippen LogP contribution is -2.43. The van der Waals surface area contributed by atoms with Gasteiger partial charge in [-0.25, -0.2) is 5.01 Å². The van der Waals surface area contributed by atoms with Gasteiger partial charge < -0.3 is 0 Å². The zero-order valence-electron chi connectivity index (χ0n) is 11.0. The smallest absolute Gasteiger partial charge is 0.287 e. The summed E-state index contributed by atoms with van der Waals surface area (Å²) in [6.07, 6.45) is -4.49. The molecule has 110 valence electrons. The summed E-state index contributed by atoms with van der Waals surface area (Å²) in [7, 11) is 0. The Kier molecular flexibility index (Phi) is 3.85. The Hall–Kier alpha value is -1.08. The van der Waals surface area contributed by atoms with Crippen LogP contribution in [0.25, 0.3) is 0 Å². The minimum absolute atomic E-state index is 0.00263. The zero-order valence-corrected chi connectivity index (χ0v) is 12.5. The van der Waals surface area contributed by atoms with E-state index in [1.807, 2.05) is 0 Å². The van der Waals surface area contributed by atoms with Crippen molar-refractivity contribution in [2.24, 2.45) is 5.41 Å². The van der Waals surface area contributed by atoms with Gasteiger partial charge in [0.1, 0.15) is 0 Å². The van der Waals surface area contributed by atoms with Crippen LogP contribution in [0.2, 0.25) is 0 Å². The van der Waals surface area contributed by atoms with Gasteiger partial charge in [-0.1, -0.05) is 34.1 Å². The van der Waals surface area contributed by atoms with E-state index in [9.17, 15) is 18.0 Å². The van der Waals surface area contributed by atoms with Gasteiger partial charge in [0.05, 0.1) is 5.41 Å². The molecule has 0 spiro atoms. The normalized spacial score (nSPS) is 20.8. The van der Waals surface area contributed by atoms with E-state index in [2.05, 4.69) is 21.4 Å². The molecule has 7 heteroatoms. The second kappa shape index (κ2) is 5.04. The van der Waals surface area contributed by atoms with Gasteiger partial charge >= 0.3 is 6.18 Å². The van der Waals surface area contributed by atoms with Crippen LogP contribution in [0, 0.1) is 5.41 Å². The number of halogens is 4. The average Bonchev–Trinajstić information content (AvgIpc) is 2.54. The standard InChI is InChI=1S/C13H14BrF3N2O/c1-12(2)7-19(18-11(12)20)10(13(15,16)17)8-5-3-4-6-9(8)14/h3-6,10H,7H2,1-2H3,(H,18,20)/t10-/m0/s1. The largest absolute Gasteiger partial charge is 0.409 e. The number of rotatable bonds is 2.